The highest BCUT2D eigenvalue weighted by atomic mass is 32.2. The van der Waals surface area contributed by atoms with E-state index in [1.807, 2.05) is 6.92 Å². The molecule has 0 fully saturated rings. The van der Waals surface area contributed by atoms with Crippen LogP contribution in [-0.4, -0.2) is 46.1 Å². The van der Waals surface area contributed by atoms with Crippen molar-refractivity contribution in [3.63, 3.8) is 0 Å². The summed E-state index contributed by atoms with van der Waals surface area (Å²) >= 11 is 0. The lowest BCUT2D eigenvalue weighted by Crippen LogP contribution is -2.28. The van der Waals surface area contributed by atoms with Gasteiger partial charge in [0.2, 0.25) is 5.91 Å². The summed E-state index contributed by atoms with van der Waals surface area (Å²) < 4.78 is 26.5. The van der Waals surface area contributed by atoms with E-state index in [1.165, 1.54) is 0 Å². The Kier molecular flexibility index (Phi) is 7.33. The molecule has 6 heteroatoms. The molecule has 0 aromatic carbocycles. The summed E-state index contributed by atoms with van der Waals surface area (Å²) in [6, 6.07) is 0. The molecule has 0 aliphatic carbocycles. The first-order valence-electron chi connectivity index (χ1n) is 4.98. The second-order valence-electron chi connectivity index (χ2n) is 3.28. The van der Waals surface area contributed by atoms with Gasteiger partial charge in [0.15, 0.2) is 0 Å². The van der Waals surface area contributed by atoms with Crippen LogP contribution >= 0.6 is 0 Å². The summed E-state index contributed by atoms with van der Waals surface area (Å²) in [4.78, 5) is 11.1. The van der Waals surface area contributed by atoms with Gasteiger partial charge < -0.3 is 10.1 Å². The highest BCUT2D eigenvalue weighted by Gasteiger charge is 2.04. The standard InChI is InChI=1S/C9H19NO4S/c1-3-14-7-4-5-9(11)10-6-8-15(2,12)13/h3-8H2,1-2H3,(H,10,11). The summed E-state index contributed by atoms with van der Waals surface area (Å²) in [6.07, 6.45) is 2.19. The van der Waals surface area contributed by atoms with Crippen LogP contribution < -0.4 is 5.32 Å². The van der Waals surface area contributed by atoms with E-state index in [1.54, 1.807) is 0 Å². The number of ether oxygens (including phenoxy) is 1. The molecule has 0 aromatic rings. The van der Waals surface area contributed by atoms with Crippen LogP contribution in [0.2, 0.25) is 0 Å². The maximum absolute atomic E-state index is 11.1. The minimum absolute atomic E-state index is 0.00972. The molecule has 0 radical (unpaired) electrons. The summed E-state index contributed by atoms with van der Waals surface area (Å²) in [5.74, 6) is -0.136. The topological polar surface area (TPSA) is 72.5 Å². The first-order chi connectivity index (χ1) is 6.95. The summed E-state index contributed by atoms with van der Waals surface area (Å²) in [7, 11) is -2.99. The highest BCUT2D eigenvalue weighted by molar-refractivity contribution is 7.90. The van der Waals surface area contributed by atoms with Crippen molar-refractivity contribution in [3.8, 4) is 0 Å². The lowest BCUT2D eigenvalue weighted by molar-refractivity contribution is -0.121. The number of carbonyl (C=O) groups excluding carboxylic acids is 1. The molecule has 0 saturated heterocycles. The minimum atomic E-state index is -2.99. The number of sulfone groups is 1. The average molecular weight is 237 g/mol. The van der Waals surface area contributed by atoms with Crippen molar-refractivity contribution in [1.29, 1.82) is 0 Å². The van der Waals surface area contributed by atoms with Gasteiger partial charge in [0, 0.05) is 32.4 Å². The molecule has 15 heavy (non-hydrogen) atoms. The largest absolute Gasteiger partial charge is 0.382 e. The number of hydrogen-bond donors (Lipinski definition) is 1. The predicted octanol–water partition coefficient (Wildman–Crippen LogP) is -0.0361. The Labute approximate surface area is 91.1 Å². The van der Waals surface area contributed by atoms with Crippen LogP contribution in [0.15, 0.2) is 0 Å². The average Bonchev–Trinajstić information content (AvgIpc) is 2.10. The zero-order valence-electron chi connectivity index (χ0n) is 9.28. The van der Waals surface area contributed by atoms with Gasteiger partial charge in [0.1, 0.15) is 9.84 Å². The third-order valence-electron chi connectivity index (χ3n) is 1.69. The van der Waals surface area contributed by atoms with Crippen molar-refractivity contribution in [2.24, 2.45) is 0 Å². The first kappa shape index (κ1) is 14.4. The van der Waals surface area contributed by atoms with E-state index in [9.17, 15) is 13.2 Å². The van der Waals surface area contributed by atoms with Gasteiger partial charge in [-0.05, 0) is 13.3 Å². The van der Waals surface area contributed by atoms with Crippen molar-refractivity contribution in [2.45, 2.75) is 19.8 Å². The van der Waals surface area contributed by atoms with E-state index in [-0.39, 0.29) is 18.2 Å². The Morgan fingerprint density at radius 1 is 1.40 bits per heavy atom. The van der Waals surface area contributed by atoms with Gasteiger partial charge in [0.05, 0.1) is 5.75 Å². The Balaban J connectivity index is 3.42. The van der Waals surface area contributed by atoms with Gasteiger partial charge in [-0.25, -0.2) is 8.42 Å². The normalized spacial score (nSPS) is 11.3. The van der Waals surface area contributed by atoms with Crippen LogP contribution in [0.25, 0.3) is 0 Å². The maximum Gasteiger partial charge on any atom is 0.220 e. The van der Waals surface area contributed by atoms with Crippen molar-refractivity contribution < 1.29 is 17.9 Å². The lowest BCUT2D eigenvalue weighted by atomic mass is 10.3. The van der Waals surface area contributed by atoms with Crippen LogP contribution in [0.3, 0.4) is 0 Å². The van der Waals surface area contributed by atoms with E-state index in [0.29, 0.717) is 26.1 Å². The van der Waals surface area contributed by atoms with Crippen LogP contribution in [0.4, 0.5) is 0 Å². The van der Waals surface area contributed by atoms with Crippen LogP contribution in [0, 0.1) is 0 Å². The Morgan fingerprint density at radius 3 is 2.60 bits per heavy atom. The fourth-order valence-electron chi connectivity index (χ4n) is 0.943. The van der Waals surface area contributed by atoms with Crippen LogP contribution in [-0.2, 0) is 19.4 Å². The molecule has 1 amide bonds. The highest BCUT2D eigenvalue weighted by Crippen LogP contribution is 1.90. The first-order valence-corrected chi connectivity index (χ1v) is 7.04. The maximum atomic E-state index is 11.1. The number of nitrogens with one attached hydrogen (secondary N) is 1. The second-order valence-corrected chi connectivity index (χ2v) is 5.54. The van der Waals surface area contributed by atoms with Gasteiger partial charge in [0.25, 0.3) is 0 Å². The van der Waals surface area contributed by atoms with E-state index in [4.69, 9.17) is 4.74 Å². The van der Waals surface area contributed by atoms with Crippen molar-refractivity contribution >= 4 is 15.7 Å². The summed E-state index contributed by atoms with van der Waals surface area (Å²) in [5.41, 5.74) is 0. The fraction of sp³-hybridized carbons (Fsp3) is 0.889. The predicted molar refractivity (Wildman–Crippen MR) is 58.4 cm³/mol. The SMILES string of the molecule is CCOCCCC(=O)NCCS(C)(=O)=O. The van der Waals surface area contributed by atoms with Crippen LogP contribution in [0.5, 0.6) is 0 Å². The molecule has 0 aliphatic heterocycles. The zero-order valence-corrected chi connectivity index (χ0v) is 10.1. The zero-order chi connectivity index (χ0) is 11.7. The molecular formula is C9H19NO4S. The third kappa shape index (κ3) is 11.3. The molecule has 0 atom stereocenters. The third-order valence-corrected chi connectivity index (χ3v) is 2.64. The molecule has 0 aromatic heterocycles. The van der Waals surface area contributed by atoms with Crippen LogP contribution in [0.1, 0.15) is 19.8 Å². The molecule has 0 bridgehead atoms. The molecule has 5 nitrogen and oxygen atoms in total. The summed E-state index contributed by atoms with van der Waals surface area (Å²) in [5, 5.41) is 2.54. The minimum Gasteiger partial charge on any atom is -0.382 e. The van der Waals surface area contributed by atoms with E-state index in [2.05, 4.69) is 5.32 Å². The van der Waals surface area contributed by atoms with Gasteiger partial charge in [-0.15, -0.1) is 0 Å². The number of carbonyl (C=O) groups is 1. The number of amides is 1. The number of rotatable bonds is 8. The molecule has 90 valence electrons. The molecule has 0 heterocycles. The lowest BCUT2D eigenvalue weighted by Gasteiger charge is -2.04. The van der Waals surface area contributed by atoms with E-state index >= 15 is 0 Å². The van der Waals surface area contributed by atoms with E-state index in [0.717, 1.165) is 6.26 Å². The molecule has 0 aliphatic rings. The Morgan fingerprint density at radius 2 is 2.07 bits per heavy atom. The monoisotopic (exact) mass is 237 g/mol. The van der Waals surface area contributed by atoms with Gasteiger partial charge in [-0.2, -0.15) is 0 Å². The Bertz CT molecular complexity index is 274. The van der Waals surface area contributed by atoms with Crippen molar-refractivity contribution in [1.82, 2.24) is 5.32 Å². The second kappa shape index (κ2) is 7.64. The summed E-state index contributed by atoms with van der Waals surface area (Å²) in [6.45, 7) is 3.30. The van der Waals surface area contributed by atoms with Crippen molar-refractivity contribution in [2.75, 3.05) is 31.8 Å². The molecular weight excluding hydrogens is 218 g/mol. The van der Waals surface area contributed by atoms with Crippen molar-refractivity contribution in [3.05, 3.63) is 0 Å². The molecule has 0 rings (SSSR count). The van der Waals surface area contributed by atoms with Gasteiger partial charge in [-0.3, -0.25) is 4.79 Å². The van der Waals surface area contributed by atoms with Gasteiger partial charge in [-0.1, -0.05) is 0 Å². The van der Waals surface area contributed by atoms with Gasteiger partial charge >= 0.3 is 0 Å². The molecule has 0 spiro atoms. The number of hydrogen-bond acceptors (Lipinski definition) is 4. The fourth-order valence-corrected chi connectivity index (χ4v) is 1.42. The van der Waals surface area contributed by atoms with E-state index < -0.39 is 9.84 Å². The smallest absolute Gasteiger partial charge is 0.220 e. The Hall–Kier alpha value is -0.620. The molecule has 1 N–H and O–H groups in total. The quantitative estimate of drug-likeness (QED) is 0.601. The molecule has 0 saturated carbocycles. The molecule has 0 unspecified atom stereocenters.